The highest BCUT2D eigenvalue weighted by molar-refractivity contribution is 7.92. The Kier molecular flexibility index (Phi) is 6.99. The second-order valence-corrected chi connectivity index (χ2v) is 10.6. The first-order valence-corrected chi connectivity index (χ1v) is 12.7. The molecule has 1 fully saturated rings. The predicted octanol–water partition coefficient (Wildman–Crippen LogP) is 2.60. The SMILES string of the molecule is CONC(=O)c1cc(Cl)cc(C)c1NC(=O)c1cc(OC2CS(=O)(=O)C2)nn1-c1ncccc1Cl. The van der Waals surface area contributed by atoms with Gasteiger partial charge in [0.05, 0.1) is 34.9 Å². The summed E-state index contributed by atoms with van der Waals surface area (Å²) in [6.07, 6.45) is 0.890. The highest BCUT2D eigenvalue weighted by Crippen LogP contribution is 2.28. The second-order valence-electron chi connectivity index (χ2n) is 7.64. The first-order valence-electron chi connectivity index (χ1n) is 10.1. The molecule has 3 aromatic rings. The number of halogens is 2. The molecule has 0 bridgehead atoms. The molecule has 0 unspecified atom stereocenters. The standard InChI is InChI=1S/C21H19Cl2N5O6S/c1-11-6-12(22)7-14(20(29)27-33-2)18(11)25-21(30)16-8-17(34-13-9-35(31,32)10-13)26-28(16)19-15(23)4-3-5-24-19/h3-8,13H,9-10H2,1-2H3,(H,25,30)(H,27,29). The molecule has 2 amide bonds. The monoisotopic (exact) mass is 539 g/mol. The van der Waals surface area contributed by atoms with E-state index < -0.39 is 27.8 Å². The Balaban J connectivity index is 1.72. The van der Waals surface area contributed by atoms with Crippen LogP contribution >= 0.6 is 23.2 Å². The molecule has 0 spiro atoms. The summed E-state index contributed by atoms with van der Waals surface area (Å²) in [7, 11) is -1.85. The summed E-state index contributed by atoms with van der Waals surface area (Å²) >= 11 is 12.4. The van der Waals surface area contributed by atoms with Crippen LogP contribution in [0.25, 0.3) is 5.82 Å². The van der Waals surface area contributed by atoms with Crippen LogP contribution in [0.2, 0.25) is 10.0 Å². The van der Waals surface area contributed by atoms with Crippen LogP contribution in [0.3, 0.4) is 0 Å². The van der Waals surface area contributed by atoms with Crippen LogP contribution in [0.1, 0.15) is 26.4 Å². The Bertz CT molecular complexity index is 1410. The Morgan fingerprint density at radius 2 is 1.91 bits per heavy atom. The number of aryl methyl sites for hydroxylation is 1. The van der Waals surface area contributed by atoms with Crippen LogP contribution in [-0.2, 0) is 14.7 Å². The molecule has 4 rings (SSSR count). The molecule has 11 nitrogen and oxygen atoms in total. The van der Waals surface area contributed by atoms with Gasteiger partial charge in [-0.05, 0) is 36.8 Å². The minimum Gasteiger partial charge on any atom is -0.471 e. The number of hydroxylamine groups is 1. The van der Waals surface area contributed by atoms with Crippen molar-refractivity contribution in [3.8, 4) is 11.7 Å². The van der Waals surface area contributed by atoms with Crippen molar-refractivity contribution in [2.45, 2.75) is 13.0 Å². The molecule has 3 heterocycles. The lowest BCUT2D eigenvalue weighted by Crippen LogP contribution is -2.45. The van der Waals surface area contributed by atoms with Gasteiger partial charge >= 0.3 is 0 Å². The molecule has 0 saturated carbocycles. The number of amides is 2. The van der Waals surface area contributed by atoms with E-state index >= 15 is 0 Å². The van der Waals surface area contributed by atoms with Crippen LogP contribution in [0.15, 0.2) is 36.5 Å². The van der Waals surface area contributed by atoms with Crippen molar-refractivity contribution in [3.05, 3.63) is 63.4 Å². The molecular formula is C21H19Cl2N5O6S. The van der Waals surface area contributed by atoms with Crippen molar-refractivity contribution in [2.24, 2.45) is 0 Å². The maximum absolute atomic E-state index is 13.4. The number of benzene rings is 1. The summed E-state index contributed by atoms with van der Waals surface area (Å²) in [6, 6.07) is 7.49. The minimum atomic E-state index is -3.13. The number of hydrogen-bond donors (Lipinski definition) is 2. The molecule has 184 valence electrons. The van der Waals surface area contributed by atoms with Crippen molar-refractivity contribution in [1.82, 2.24) is 20.2 Å². The van der Waals surface area contributed by atoms with E-state index in [9.17, 15) is 18.0 Å². The van der Waals surface area contributed by atoms with E-state index in [-0.39, 0.29) is 50.2 Å². The fraction of sp³-hybridized carbons (Fsp3) is 0.238. The quantitative estimate of drug-likeness (QED) is 0.436. The molecule has 14 heteroatoms. The van der Waals surface area contributed by atoms with E-state index in [1.165, 1.54) is 30.1 Å². The van der Waals surface area contributed by atoms with E-state index in [1.807, 2.05) is 0 Å². The Labute approximate surface area is 210 Å². The van der Waals surface area contributed by atoms with Crippen LogP contribution in [0.5, 0.6) is 5.88 Å². The Morgan fingerprint density at radius 1 is 1.17 bits per heavy atom. The number of carbonyl (C=O) groups is 2. The largest absolute Gasteiger partial charge is 0.471 e. The van der Waals surface area contributed by atoms with Gasteiger partial charge in [-0.15, -0.1) is 5.10 Å². The molecule has 1 aromatic carbocycles. The lowest BCUT2D eigenvalue weighted by Gasteiger charge is -2.25. The third-order valence-electron chi connectivity index (χ3n) is 5.00. The van der Waals surface area contributed by atoms with Crippen LogP contribution < -0.4 is 15.5 Å². The van der Waals surface area contributed by atoms with E-state index in [2.05, 4.69) is 20.9 Å². The zero-order valence-electron chi connectivity index (χ0n) is 18.4. The van der Waals surface area contributed by atoms with Gasteiger partial charge in [-0.2, -0.15) is 0 Å². The fourth-order valence-corrected chi connectivity index (χ4v) is 5.09. The number of rotatable bonds is 7. The van der Waals surface area contributed by atoms with E-state index in [1.54, 1.807) is 25.1 Å². The second kappa shape index (κ2) is 9.82. The highest BCUT2D eigenvalue weighted by atomic mass is 35.5. The molecule has 0 atom stereocenters. The number of ether oxygens (including phenoxy) is 1. The third kappa shape index (κ3) is 5.40. The van der Waals surface area contributed by atoms with Crippen molar-refractivity contribution in [2.75, 3.05) is 23.9 Å². The molecule has 2 aromatic heterocycles. The summed E-state index contributed by atoms with van der Waals surface area (Å²) in [6.45, 7) is 1.67. The van der Waals surface area contributed by atoms with E-state index in [4.69, 9.17) is 32.8 Å². The van der Waals surface area contributed by atoms with Crippen molar-refractivity contribution < 1.29 is 27.6 Å². The molecule has 1 saturated heterocycles. The molecule has 1 aliphatic heterocycles. The molecule has 0 aliphatic carbocycles. The third-order valence-corrected chi connectivity index (χ3v) is 7.28. The maximum atomic E-state index is 13.4. The maximum Gasteiger partial charge on any atom is 0.277 e. The molecule has 0 radical (unpaired) electrons. The van der Waals surface area contributed by atoms with Gasteiger partial charge in [-0.1, -0.05) is 23.2 Å². The van der Waals surface area contributed by atoms with Crippen LogP contribution in [-0.4, -0.2) is 59.7 Å². The fourth-order valence-electron chi connectivity index (χ4n) is 3.44. The predicted molar refractivity (Wildman–Crippen MR) is 128 cm³/mol. The number of aromatic nitrogens is 3. The van der Waals surface area contributed by atoms with Crippen LogP contribution in [0.4, 0.5) is 5.69 Å². The van der Waals surface area contributed by atoms with Crippen molar-refractivity contribution in [1.29, 1.82) is 0 Å². The number of carbonyl (C=O) groups excluding carboxylic acids is 2. The first-order chi connectivity index (χ1) is 16.6. The number of nitrogens with one attached hydrogen (secondary N) is 2. The number of hydrogen-bond acceptors (Lipinski definition) is 8. The van der Waals surface area contributed by atoms with Crippen molar-refractivity contribution >= 4 is 50.5 Å². The van der Waals surface area contributed by atoms with Gasteiger partial charge in [0, 0.05) is 17.3 Å². The lowest BCUT2D eigenvalue weighted by atomic mass is 10.1. The van der Waals surface area contributed by atoms with Gasteiger partial charge in [0.25, 0.3) is 11.8 Å². The summed E-state index contributed by atoms with van der Waals surface area (Å²) in [5.41, 5.74) is 2.97. The molecule has 1 aliphatic rings. The normalized spacial score (nSPS) is 14.7. The summed E-state index contributed by atoms with van der Waals surface area (Å²) in [5, 5.41) is 7.47. The molecular weight excluding hydrogens is 521 g/mol. The van der Waals surface area contributed by atoms with E-state index in [0.29, 0.717) is 5.56 Å². The van der Waals surface area contributed by atoms with E-state index in [0.717, 1.165) is 0 Å². The molecule has 35 heavy (non-hydrogen) atoms. The topological polar surface area (TPSA) is 142 Å². The lowest BCUT2D eigenvalue weighted by molar-refractivity contribution is 0.0538. The number of pyridine rings is 1. The highest BCUT2D eigenvalue weighted by Gasteiger charge is 2.36. The van der Waals surface area contributed by atoms with Gasteiger partial charge in [-0.3, -0.25) is 14.4 Å². The zero-order valence-corrected chi connectivity index (χ0v) is 20.7. The smallest absolute Gasteiger partial charge is 0.277 e. The Morgan fingerprint density at radius 3 is 2.57 bits per heavy atom. The van der Waals surface area contributed by atoms with Crippen molar-refractivity contribution in [3.63, 3.8) is 0 Å². The zero-order chi connectivity index (χ0) is 25.3. The van der Waals surface area contributed by atoms with Gasteiger partial charge in [-0.25, -0.2) is 23.6 Å². The summed E-state index contributed by atoms with van der Waals surface area (Å²) in [5.74, 6) is -1.40. The average molecular weight is 540 g/mol. The van der Waals surface area contributed by atoms with Gasteiger partial charge < -0.3 is 10.1 Å². The van der Waals surface area contributed by atoms with Crippen LogP contribution in [0, 0.1) is 6.92 Å². The summed E-state index contributed by atoms with van der Waals surface area (Å²) in [4.78, 5) is 34.7. The van der Waals surface area contributed by atoms with Gasteiger partial charge in [0.15, 0.2) is 15.7 Å². The minimum absolute atomic E-state index is 0.0157. The number of nitrogens with zero attached hydrogens (tertiary/aromatic N) is 3. The molecule has 2 N–H and O–H groups in total. The average Bonchev–Trinajstić information content (AvgIpc) is 3.18. The first kappa shape index (κ1) is 24.9. The summed E-state index contributed by atoms with van der Waals surface area (Å²) < 4.78 is 29.8. The van der Waals surface area contributed by atoms with Gasteiger partial charge in [0.1, 0.15) is 11.8 Å². The number of sulfone groups is 1. The number of anilines is 1. The van der Waals surface area contributed by atoms with Gasteiger partial charge in [0.2, 0.25) is 5.88 Å². The Hall–Kier alpha value is -3.19.